The zero-order valence-corrected chi connectivity index (χ0v) is 18.7. The molecule has 0 bridgehead atoms. The molecule has 3 aromatic rings. The fourth-order valence-corrected chi connectivity index (χ4v) is 3.92. The van der Waals surface area contributed by atoms with E-state index in [4.69, 9.17) is 14.2 Å². The second-order valence-electron chi connectivity index (χ2n) is 7.68. The molecule has 174 valence electrons. The minimum atomic E-state index is -0.850. The summed E-state index contributed by atoms with van der Waals surface area (Å²) >= 11 is 0. The van der Waals surface area contributed by atoms with Gasteiger partial charge in [-0.05, 0) is 30.7 Å². The summed E-state index contributed by atoms with van der Waals surface area (Å²) in [6, 6.07) is 9.13. The summed E-state index contributed by atoms with van der Waals surface area (Å²) in [5.74, 6) is -0.548. The molecule has 0 radical (unpaired) electrons. The van der Waals surface area contributed by atoms with E-state index in [1.165, 1.54) is 4.57 Å². The molecule has 0 atom stereocenters. The number of nitrogens with zero attached hydrogens (tertiary/aromatic N) is 3. The predicted molar refractivity (Wildman–Crippen MR) is 123 cm³/mol. The van der Waals surface area contributed by atoms with Crippen molar-refractivity contribution in [1.82, 2.24) is 14.5 Å². The Balaban J connectivity index is 1.81. The highest BCUT2D eigenvalue weighted by Gasteiger charge is 2.25. The number of fused-ring (bicyclic) bond motifs is 1. The SMILES string of the molecule is CCOC(=O)c1c(O)c2cc(-c3ccc(OC)cc3)cnc2n(CCN2CCOCC2)c1=O. The first-order chi connectivity index (χ1) is 16.0. The average molecular weight is 453 g/mol. The van der Waals surface area contributed by atoms with Crippen LogP contribution in [0.15, 0.2) is 41.3 Å². The Morgan fingerprint density at radius 1 is 1.15 bits per heavy atom. The van der Waals surface area contributed by atoms with E-state index in [2.05, 4.69) is 9.88 Å². The molecule has 3 heterocycles. The minimum absolute atomic E-state index is 0.0909. The molecule has 0 amide bonds. The summed E-state index contributed by atoms with van der Waals surface area (Å²) in [5, 5.41) is 11.2. The maximum atomic E-state index is 13.2. The summed E-state index contributed by atoms with van der Waals surface area (Å²) in [7, 11) is 1.59. The molecule has 4 rings (SSSR count). The van der Waals surface area contributed by atoms with E-state index in [0.29, 0.717) is 37.3 Å². The first kappa shape index (κ1) is 22.8. The lowest BCUT2D eigenvalue weighted by Gasteiger charge is -2.27. The van der Waals surface area contributed by atoms with Gasteiger partial charge in [0.1, 0.15) is 17.1 Å². The number of morpholine rings is 1. The number of esters is 1. The number of hydrogen-bond acceptors (Lipinski definition) is 8. The molecule has 1 aromatic carbocycles. The highest BCUT2D eigenvalue weighted by atomic mass is 16.5. The van der Waals surface area contributed by atoms with Gasteiger partial charge in [-0.25, -0.2) is 9.78 Å². The summed E-state index contributed by atoms with van der Waals surface area (Å²) < 4.78 is 17.1. The zero-order chi connectivity index (χ0) is 23.4. The van der Waals surface area contributed by atoms with E-state index in [0.717, 1.165) is 30.0 Å². The van der Waals surface area contributed by atoms with Crippen LogP contribution in [-0.2, 0) is 16.0 Å². The second kappa shape index (κ2) is 10.0. The highest BCUT2D eigenvalue weighted by Crippen LogP contribution is 2.30. The Bertz CT molecular complexity index is 1200. The van der Waals surface area contributed by atoms with E-state index in [9.17, 15) is 14.7 Å². The van der Waals surface area contributed by atoms with Crippen molar-refractivity contribution < 1.29 is 24.1 Å². The molecule has 1 aliphatic rings. The number of methoxy groups -OCH3 is 1. The van der Waals surface area contributed by atoms with Crippen molar-refractivity contribution in [3.63, 3.8) is 0 Å². The van der Waals surface area contributed by atoms with Crippen LogP contribution < -0.4 is 10.3 Å². The number of hydrogen-bond donors (Lipinski definition) is 1. The topological polar surface area (TPSA) is 103 Å². The first-order valence-corrected chi connectivity index (χ1v) is 10.9. The molecule has 1 saturated heterocycles. The van der Waals surface area contributed by atoms with Gasteiger partial charge in [-0.1, -0.05) is 12.1 Å². The van der Waals surface area contributed by atoms with E-state index >= 15 is 0 Å². The van der Waals surface area contributed by atoms with E-state index in [1.54, 1.807) is 26.3 Å². The Hall–Kier alpha value is -3.43. The average Bonchev–Trinajstić information content (AvgIpc) is 2.85. The third kappa shape index (κ3) is 4.69. The number of ether oxygens (including phenoxy) is 3. The Kier molecular flexibility index (Phi) is 6.90. The van der Waals surface area contributed by atoms with Crippen LogP contribution >= 0.6 is 0 Å². The third-order valence-corrected chi connectivity index (χ3v) is 5.72. The molecule has 0 unspecified atom stereocenters. The number of benzene rings is 1. The van der Waals surface area contributed by atoms with E-state index in [-0.39, 0.29) is 12.2 Å². The van der Waals surface area contributed by atoms with Crippen molar-refractivity contribution in [3.05, 3.63) is 52.4 Å². The molecule has 0 saturated carbocycles. The highest BCUT2D eigenvalue weighted by molar-refractivity contribution is 5.99. The van der Waals surface area contributed by atoms with Crippen LogP contribution in [-0.4, -0.2) is 72.1 Å². The lowest BCUT2D eigenvalue weighted by Crippen LogP contribution is -2.40. The molecule has 1 fully saturated rings. The molecule has 9 nitrogen and oxygen atoms in total. The maximum absolute atomic E-state index is 13.2. The number of aromatic hydroxyl groups is 1. The molecule has 2 aromatic heterocycles. The van der Waals surface area contributed by atoms with Crippen LogP contribution in [0.4, 0.5) is 0 Å². The molecular weight excluding hydrogens is 426 g/mol. The number of rotatable bonds is 7. The molecule has 0 spiro atoms. The Morgan fingerprint density at radius 2 is 1.88 bits per heavy atom. The van der Waals surface area contributed by atoms with Crippen LogP contribution in [0.25, 0.3) is 22.2 Å². The van der Waals surface area contributed by atoms with E-state index < -0.39 is 17.3 Å². The van der Waals surface area contributed by atoms with Crippen molar-refractivity contribution in [2.45, 2.75) is 13.5 Å². The van der Waals surface area contributed by atoms with Gasteiger partial charge < -0.3 is 19.3 Å². The standard InChI is InChI=1S/C24H27N3O6/c1-3-33-24(30)20-21(28)19-14-17(16-4-6-18(31-2)7-5-16)15-25-22(19)27(23(20)29)9-8-26-10-12-32-13-11-26/h4-7,14-15,28H,3,8-13H2,1-2H3. The zero-order valence-electron chi connectivity index (χ0n) is 18.7. The van der Waals surface area contributed by atoms with Crippen molar-refractivity contribution in [2.24, 2.45) is 0 Å². The molecule has 1 aliphatic heterocycles. The maximum Gasteiger partial charge on any atom is 0.347 e. The largest absolute Gasteiger partial charge is 0.506 e. The third-order valence-electron chi connectivity index (χ3n) is 5.72. The van der Waals surface area contributed by atoms with Crippen molar-refractivity contribution in [2.75, 3.05) is 46.6 Å². The minimum Gasteiger partial charge on any atom is -0.506 e. The van der Waals surface area contributed by atoms with Crippen molar-refractivity contribution in [3.8, 4) is 22.6 Å². The van der Waals surface area contributed by atoms with Gasteiger partial charge in [-0.2, -0.15) is 0 Å². The van der Waals surface area contributed by atoms with Crippen LogP contribution in [0, 0.1) is 0 Å². The van der Waals surface area contributed by atoms with Gasteiger partial charge in [0, 0.05) is 37.9 Å². The predicted octanol–water partition coefficient (Wildman–Crippen LogP) is 2.29. The Labute approximate surface area is 191 Å². The van der Waals surface area contributed by atoms with Crippen LogP contribution in [0.3, 0.4) is 0 Å². The normalized spacial score (nSPS) is 14.4. The van der Waals surface area contributed by atoms with Gasteiger partial charge in [0.05, 0.1) is 32.3 Å². The summed E-state index contributed by atoms with van der Waals surface area (Å²) in [6.45, 7) is 5.47. The monoisotopic (exact) mass is 453 g/mol. The van der Waals surface area contributed by atoms with Crippen LogP contribution in [0.5, 0.6) is 11.5 Å². The van der Waals surface area contributed by atoms with Crippen molar-refractivity contribution in [1.29, 1.82) is 0 Å². The van der Waals surface area contributed by atoms with Gasteiger partial charge in [-0.3, -0.25) is 14.3 Å². The molecule has 33 heavy (non-hydrogen) atoms. The number of carbonyl (C=O) groups is 1. The summed E-state index contributed by atoms with van der Waals surface area (Å²) in [4.78, 5) is 32.5. The molecular formula is C24H27N3O6. The Morgan fingerprint density at radius 3 is 2.55 bits per heavy atom. The van der Waals surface area contributed by atoms with Crippen LogP contribution in [0.1, 0.15) is 17.3 Å². The van der Waals surface area contributed by atoms with Gasteiger partial charge in [0.2, 0.25) is 0 Å². The fourth-order valence-electron chi connectivity index (χ4n) is 3.92. The van der Waals surface area contributed by atoms with Gasteiger partial charge in [-0.15, -0.1) is 0 Å². The lowest BCUT2D eigenvalue weighted by atomic mass is 10.0. The first-order valence-electron chi connectivity index (χ1n) is 10.9. The number of carbonyl (C=O) groups excluding carboxylic acids is 1. The second-order valence-corrected chi connectivity index (χ2v) is 7.68. The molecule has 0 aliphatic carbocycles. The van der Waals surface area contributed by atoms with E-state index in [1.807, 2.05) is 24.3 Å². The van der Waals surface area contributed by atoms with Crippen LogP contribution in [0.2, 0.25) is 0 Å². The fraction of sp³-hybridized carbons (Fsp3) is 0.375. The number of aromatic nitrogens is 2. The quantitative estimate of drug-likeness (QED) is 0.544. The summed E-state index contributed by atoms with van der Waals surface area (Å²) in [6.07, 6.45) is 1.65. The van der Waals surface area contributed by atoms with Gasteiger partial charge >= 0.3 is 5.97 Å². The smallest absolute Gasteiger partial charge is 0.347 e. The van der Waals surface area contributed by atoms with Gasteiger partial charge in [0.25, 0.3) is 5.56 Å². The van der Waals surface area contributed by atoms with Crippen molar-refractivity contribution >= 4 is 17.0 Å². The molecule has 9 heteroatoms. The van der Waals surface area contributed by atoms with Gasteiger partial charge in [0.15, 0.2) is 5.56 Å². The lowest BCUT2D eigenvalue weighted by molar-refractivity contribution is 0.0364. The number of pyridine rings is 2. The molecule has 1 N–H and O–H groups in total. The summed E-state index contributed by atoms with van der Waals surface area (Å²) in [5.41, 5.74) is 0.912.